The molecule has 23 heavy (non-hydrogen) atoms. The average Bonchev–Trinajstić information content (AvgIpc) is 2.81. The Morgan fingerprint density at radius 2 is 2.00 bits per heavy atom. The van der Waals surface area contributed by atoms with Crippen molar-refractivity contribution in [1.29, 1.82) is 0 Å². The number of nitrogens with one attached hydrogen (secondary N) is 1. The van der Waals surface area contributed by atoms with Gasteiger partial charge in [0, 0.05) is 6.54 Å². The van der Waals surface area contributed by atoms with Crippen LogP contribution in [0.15, 0.2) is 41.6 Å². The minimum absolute atomic E-state index is 0.0359. The first-order chi connectivity index (χ1) is 10.9. The number of sulfonamides is 1. The third-order valence-corrected chi connectivity index (χ3v) is 5.04. The Morgan fingerprint density at radius 1 is 1.30 bits per heavy atom. The molecule has 0 aliphatic carbocycles. The van der Waals surface area contributed by atoms with Crippen molar-refractivity contribution in [2.24, 2.45) is 0 Å². The summed E-state index contributed by atoms with van der Waals surface area (Å²) in [5.74, 6) is -0.378. The quantitative estimate of drug-likeness (QED) is 0.780. The van der Waals surface area contributed by atoms with Gasteiger partial charge in [0.05, 0.1) is 18.1 Å². The number of hydrogen-bond acceptors (Lipinski definition) is 4. The molecule has 0 bridgehead atoms. The molecule has 6 nitrogen and oxygen atoms in total. The summed E-state index contributed by atoms with van der Waals surface area (Å²) in [6.07, 6.45) is 2.56. The molecule has 0 aliphatic rings. The SMILES string of the molecule is Cc1nn2cc(S(=O)(=O)NCc3ccc(F)cc3)cnc2c1Cl. The van der Waals surface area contributed by atoms with E-state index in [4.69, 9.17) is 11.6 Å². The lowest BCUT2D eigenvalue weighted by Gasteiger charge is -2.07. The second-order valence-electron chi connectivity index (χ2n) is 4.91. The molecule has 3 rings (SSSR count). The van der Waals surface area contributed by atoms with Crippen LogP contribution in [-0.4, -0.2) is 23.0 Å². The van der Waals surface area contributed by atoms with Crippen molar-refractivity contribution in [2.45, 2.75) is 18.4 Å². The third-order valence-electron chi connectivity index (χ3n) is 3.24. The van der Waals surface area contributed by atoms with Gasteiger partial charge in [-0.2, -0.15) is 5.10 Å². The standard InChI is InChI=1S/C14H12ClFN4O2S/c1-9-13(15)14-17-7-12(8-20(14)19-9)23(21,22)18-6-10-2-4-11(16)5-3-10/h2-5,7-8,18H,6H2,1H3. The van der Waals surface area contributed by atoms with Crippen molar-refractivity contribution >= 4 is 27.3 Å². The van der Waals surface area contributed by atoms with Crippen LogP contribution in [0.1, 0.15) is 11.3 Å². The zero-order valence-corrected chi connectivity index (χ0v) is 13.6. The molecule has 0 unspecified atom stereocenters. The Bertz CT molecular complexity index is 970. The molecule has 0 amide bonds. The van der Waals surface area contributed by atoms with E-state index in [1.165, 1.54) is 41.2 Å². The monoisotopic (exact) mass is 354 g/mol. The molecule has 0 saturated carbocycles. The summed E-state index contributed by atoms with van der Waals surface area (Å²) in [7, 11) is -3.77. The minimum atomic E-state index is -3.77. The molecule has 3 aromatic rings. The molecular formula is C14H12ClFN4O2S. The van der Waals surface area contributed by atoms with E-state index in [0.29, 0.717) is 21.9 Å². The molecule has 0 fully saturated rings. The lowest BCUT2D eigenvalue weighted by Crippen LogP contribution is -2.23. The molecule has 120 valence electrons. The molecule has 0 spiro atoms. The van der Waals surface area contributed by atoms with Crippen LogP contribution < -0.4 is 4.72 Å². The van der Waals surface area contributed by atoms with E-state index in [1.807, 2.05) is 0 Å². The summed E-state index contributed by atoms with van der Waals surface area (Å²) in [6, 6.07) is 5.56. The fourth-order valence-corrected chi connectivity index (χ4v) is 3.13. The molecule has 2 aromatic heterocycles. The Hall–Kier alpha value is -2.03. The molecular weight excluding hydrogens is 343 g/mol. The van der Waals surface area contributed by atoms with Gasteiger partial charge in [0.15, 0.2) is 5.65 Å². The topological polar surface area (TPSA) is 76.4 Å². The zero-order valence-electron chi connectivity index (χ0n) is 12.0. The van der Waals surface area contributed by atoms with Crippen LogP contribution in [0.4, 0.5) is 4.39 Å². The molecule has 9 heteroatoms. The molecule has 1 N–H and O–H groups in total. The fourth-order valence-electron chi connectivity index (χ4n) is 2.00. The number of hydrogen-bond donors (Lipinski definition) is 1. The number of fused-ring (bicyclic) bond motifs is 1. The highest BCUT2D eigenvalue weighted by atomic mass is 35.5. The third kappa shape index (κ3) is 3.19. The van der Waals surface area contributed by atoms with E-state index in [1.54, 1.807) is 6.92 Å². The molecule has 0 atom stereocenters. The largest absolute Gasteiger partial charge is 0.243 e. The first-order valence-electron chi connectivity index (χ1n) is 6.61. The maximum Gasteiger partial charge on any atom is 0.243 e. The number of rotatable bonds is 4. The highest BCUT2D eigenvalue weighted by molar-refractivity contribution is 7.89. The summed E-state index contributed by atoms with van der Waals surface area (Å²) in [6.45, 7) is 1.75. The van der Waals surface area contributed by atoms with Gasteiger partial charge in [-0.1, -0.05) is 23.7 Å². The summed E-state index contributed by atoms with van der Waals surface area (Å²) >= 11 is 6.02. The Balaban J connectivity index is 1.85. The zero-order chi connectivity index (χ0) is 16.6. The first kappa shape index (κ1) is 15.9. The second kappa shape index (κ2) is 5.88. The Labute approximate surface area is 137 Å². The van der Waals surface area contributed by atoms with Crippen LogP contribution >= 0.6 is 11.6 Å². The van der Waals surface area contributed by atoms with Crippen LogP contribution in [0.2, 0.25) is 5.02 Å². The highest BCUT2D eigenvalue weighted by Gasteiger charge is 2.17. The normalized spacial score (nSPS) is 12.0. The minimum Gasteiger partial charge on any atom is -0.234 e. The van der Waals surface area contributed by atoms with Gasteiger partial charge >= 0.3 is 0 Å². The number of halogens is 2. The van der Waals surface area contributed by atoms with Crippen LogP contribution in [0.5, 0.6) is 0 Å². The Morgan fingerprint density at radius 3 is 2.70 bits per heavy atom. The van der Waals surface area contributed by atoms with E-state index in [-0.39, 0.29) is 17.3 Å². The van der Waals surface area contributed by atoms with Gasteiger partial charge in [0.2, 0.25) is 10.0 Å². The number of aromatic nitrogens is 3. The van der Waals surface area contributed by atoms with Crippen LogP contribution in [0, 0.1) is 12.7 Å². The van der Waals surface area contributed by atoms with Crippen LogP contribution in [-0.2, 0) is 16.6 Å². The molecule has 1 aromatic carbocycles. The summed E-state index contributed by atoms with van der Waals surface area (Å²) in [5, 5.41) is 4.49. The molecule has 0 saturated heterocycles. The summed E-state index contributed by atoms with van der Waals surface area (Å²) in [5.41, 5.74) is 1.59. The fraction of sp³-hybridized carbons (Fsp3) is 0.143. The van der Waals surface area contributed by atoms with Gasteiger partial charge in [0.25, 0.3) is 0 Å². The van der Waals surface area contributed by atoms with Crippen molar-refractivity contribution < 1.29 is 12.8 Å². The van der Waals surface area contributed by atoms with Crippen molar-refractivity contribution in [3.63, 3.8) is 0 Å². The maximum atomic E-state index is 12.8. The summed E-state index contributed by atoms with van der Waals surface area (Å²) in [4.78, 5) is 4.00. The molecule has 0 radical (unpaired) electrons. The average molecular weight is 355 g/mol. The summed E-state index contributed by atoms with van der Waals surface area (Å²) < 4.78 is 41.2. The Kier molecular flexibility index (Phi) is 4.05. The van der Waals surface area contributed by atoms with E-state index in [0.717, 1.165) is 0 Å². The van der Waals surface area contributed by atoms with Crippen LogP contribution in [0.3, 0.4) is 0 Å². The van der Waals surface area contributed by atoms with Gasteiger partial charge in [0.1, 0.15) is 15.7 Å². The first-order valence-corrected chi connectivity index (χ1v) is 8.47. The van der Waals surface area contributed by atoms with E-state index < -0.39 is 10.0 Å². The lowest BCUT2D eigenvalue weighted by molar-refractivity contribution is 0.579. The molecule has 0 aliphatic heterocycles. The van der Waals surface area contributed by atoms with Gasteiger partial charge in [-0.3, -0.25) is 0 Å². The van der Waals surface area contributed by atoms with Crippen molar-refractivity contribution in [1.82, 2.24) is 19.3 Å². The number of benzene rings is 1. The second-order valence-corrected chi connectivity index (χ2v) is 7.05. The predicted octanol–water partition coefficient (Wildman–Crippen LogP) is 2.31. The van der Waals surface area contributed by atoms with Crippen molar-refractivity contribution in [3.8, 4) is 0 Å². The van der Waals surface area contributed by atoms with E-state index in [9.17, 15) is 12.8 Å². The molecule has 2 heterocycles. The van der Waals surface area contributed by atoms with Crippen molar-refractivity contribution in [3.05, 3.63) is 58.8 Å². The van der Waals surface area contributed by atoms with Crippen molar-refractivity contribution in [2.75, 3.05) is 0 Å². The van der Waals surface area contributed by atoms with Gasteiger partial charge in [-0.15, -0.1) is 0 Å². The number of nitrogens with zero attached hydrogens (tertiary/aromatic N) is 3. The smallest absolute Gasteiger partial charge is 0.234 e. The van der Waals surface area contributed by atoms with Gasteiger partial charge in [-0.05, 0) is 24.6 Å². The number of aryl methyl sites for hydroxylation is 1. The predicted molar refractivity (Wildman–Crippen MR) is 83.2 cm³/mol. The van der Waals surface area contributed by atoms with Crippen LogP contribution in [0.25, 0.3) is 5.65 Å². The van der Waals surface area contributed by atoms with E-state index in [2.05, 4.69) is 14.8 Å². The lowest BCUT2D eigenvalue weighted by atomic mass is 10.2. The van der Waals surface area contributed by atoms with Gasteiger partial charge < -0.3 is 0 Å². The maximum absolute atomic E-state index is 12.8. The van der Waals surface area contributed by atoms with Gasteiger partial charge in [-0.25, -0.2) is 27.0 Å². The van der Waals surface area contributed by atoms with E-state index >= 15 is 0 Å². The highest BCUT2D eigenvalue weighted by Crippen LogP contribution is 2.20.